The minimum absolute atomic E-state index is 0.0225. The van der Waals surface area contributed by atoms with E-state index in [0.717, 1.165) is 61.2 Å². The Morgan fingerprint density at radius 3 is 2.59 bits per heavy atom. The molecule has 2 amide bonds. The van der Waals surface area contributed by atoms with Crippen LogP contribution in [-0.2, 0) is 19.5 Å². The summed E-state index contributed by atoms with van der Waals surface area (Å²) >= 11 is 0. The third-order valence-corrected chi connectivity index (χ3v) is 6.59. The first-order valence-electron chi connectivity index (χ1n) is 13.0. The van der Waals surface area contributed by atoms with Crippen molar-refractivity contribution in [1.82, 2.24) is 19.9 Å². The van der Waals surface area contributed by atoms with Crippen molar-refractivity contribution >= 4 is 11.7 Å². The lowest BCUT2D eigenvalue weighted by Crippen LogP contribution is -2.49. The van der Waals surface area contributed by atoms with Crippen LogP contribution in [0.15, 0.2) is 48.8 Å². The van der Waals surface area contributed by atoms with Crippen LogP contribution < -0.4 is 19.1 Å². The molecule has 0 N–H and O–H groups in total. The summed E-state index contributed by atoms with van der Waals surface area (Å²) < 4.78 is 19.0. The van der Waals surface area contributed by atoms with E-state index in [1.807, 2.05) is 44.9 Å². The lowest BCUT2D eigenvalue weighted by Gasteiger charge is -2.36. The normalized spacial score (nSPS) is 13.6. The smallest absolute Gasteiger partial charge is 0.324 e. The van der Waals surface area contributed by atoms with Crippen LogP contribution >= 0.6 is 0 Å². The molecule has 0 spiro atoms. The van der Waals surface area contributed by atoms with Gasteiger partial charge in [0.15, 0.2) is 11.5 Å². The van der Waals surface area contributed by atoms with Crippen LogP contribution in [0.5, 0.6) is 17.2 Å². The number of rotatable bonds is 13. The van der Waals surface area contributed by atoms with Gasteiger partial charge in [-0.3, -0.25) is 9.58 Å². The number of nitrogens with zero attached hydrogens (tertiary/aromatic N) is 5. The number of ether oxygens (including phenoxy) is 3. The van der Waals surface area contributed by atoms with E-state index in [0.29, 0.717) is 37.7 Å². The van der Waals surface area contributed by atoms with Gasteiger partial charge in [0.2, 0.25) is 0 Å². The first-order chi connectivity index (χ1) is 18.1. The monoisotopic (exact) mass is 507 g/mol. The fourth-order valence-corrected chi connectivity index (χ4v) is 4.52. The SMILES string of the molecule is CCCCCOc1cc(N2CCCN(Cc3ccc(CCn4ccnn4)cc3OC)C2=O)ccc1OC. The quantitative estimate of drug-likeness (QED) is 0.305. The summed E-state index contributed by atoms with van der Waals surface area (Å²) in [5.41, 5.74) is 2.95. The fraction of sp³-hybridized carbons (Fsp3) is 0.464. The molecule has 0 bridgehead atoms. The molecule has 9 heteroatoms. The molecule has 1 aliphatic rings. The lowest BCUT2D eigenvalue weighted by atomic mass is 10.1. The zero-order valence-electron chi connectivity index (χ0n) is 22.1. The summed E-state index contributed by atoms with van der Waals surface area (Å²) in [5, 5.41) is 7.87. The number of carbonyl (C=O) groups excluding carboxylic acids is 1. The van der Waals surface area contributed by atoms with Gasteiger partial charge in [-0.2, -0.15) is 0 Å². The predicted octanol–water partition coefficient (Wildman–Crippen LogP) is 4.94. The van der Waals surface area contributed by atoms with E-state index in [2.05, 4.69) is 29.4 Å². The van der Waals surface area contributed by atoms with Crippen LogP contribution in [0.2, 0.25) is 0 Å². The van der Waals surface area contributed by atoms with E-state index in [9.17, 15) is 4.79 Å². The van der Waals surface area contributed by atoms with Gasteiger partial charge in [-0.15, -0.1) is 5.10 Å². The van der Waals surface area contributed by atoms with Crippen molar-refractivity contribution in [3.8, 4) is 17.2 Å². The number of unbranched alkanes of at least 4 members (excludes halogenated alkanes) is 2. The maximum absolute atomic E-state index is 13.5. The number of carbonyl (C=O) groups is 1. The van der Waals surface area contributed by atoms with E-state index in [-0.39, 0.29) is 6.03 Å². The molecule has 1 aromatic heterocycles. The first kappa shape index (κ1) is 26.3. The second kappa shape index (κ2) is 13.0. The molecule has 0 aliphatic carbocycles. The second-order valence-corrected chi connectivity index (χ2v) is 9.16. The Labute approximate surface area is 218 Å². The average molecular weight is 508 g/mol. The molecule has 0 saturated carbocycles. The van der Waals surface area contributed by atoms with Crippen molar-refractivity contribution in [2.45, 2.75) is 52.1 Å². The van der Waals surface area contributed by atoms with Crippen molar-refractivity contribution in [2.24, 2.45) is 0 Å². The molecule has 4 rings (SSSR count). The largest absolute Gasteiger partial charge is 0.496 e. The highest BCUT2D eigenvalue weighted by atomic mass is 16.5. The van der Waals surface area contributed by atoms with Gasteiger partial charge in [0.25, 0.3) is 0 Å². The molecular weight excluding hydrogens is 470 g/mol. The fourth-order valence-electron chi connectivity index (χ4n) is 4.52. The Morgan fingerprint density at radius 1 is 0.973 bits per heavy atom. The summed E-state index contributed by atoms with van der Waals surface area (Å²) in [6.07, 6.45) is 8.46. The van der Waals surface area contributed by atoms with Gasteiger partial charge in [-0.25, -0.2) is 4.79 Å². The van der Waals surface area contributed by atoms with Crippen LogP contribution in [0.4, 0.5) is 10.5 Å². The van der Waals surface area contributed by atoms with Crippen molar-refractivity contribution in [1.29, 1.82) is 0 Å². The van der Waals surface area contributed by atoms with Crippen LogP contribution in [0.1, 0.15) is 43.7 Å². The first-order valence-corrected chi connectivity index (χ1v) is 13.0. The zero-order chi connectivity index (χ0) is 26.0. The van der Waals surface area contributed by atoms with Gasteiger partial charge in [0, 0.05) is 43.1 Å². The van der Waals surface area contributed by atoms with Crippen molar-refractivity contribution in [3.63, 3.8) is 0 Å². The van der Waals surface area contributed by atoms with Crippen LogP contribution in [0.25, 0.3) is 0 Å². The second-order valence-electron chi connectivity index (χ2n) is 9.16. The summed E-state index contributed by atoms with van der Waals surface area (Å²) in [6.45, 7) is 5.38. The number of amides is 2. The molecule has 0 unspecified atom stereocenters. The van der Waals surface area contributed by atoms with Crippen LogP contribution in [0, 0.1) is 0 Å². The van der Waals surface area contributed by atoms with Gasteiger partial charge in [-0.05, 0) is 43.0 Å². The lowest BCUT2D eigenvalue weighted by molar-refractivity contribution is 0.191. The topological polar surface area (TPSA) is 82.0 Å². The number of aryl methyl sites for hydroxylation is 2. The molecule has 0 radical (unpaired) electrons. The molecule has 9 nitrogen and oxygen atoms in total. The van der Waals surface area contributed by atoms with Gasteiger partial charge in [0.05, 0.1) is 33.6 Å². The molecule has 3 aromatic rings. The molecule has 0 atom stereocenters. The molecule has 2 heterocycles. The van der Waals surface area contributed by atoms with E-state index in [1.165, 1.54) is 0 Å². The molecule has 2 aromatic carbocycles. The van der Waals surface area contributed by atoms with Gasteiger partial charge in [0.1, 0.15) is 5.75 Å². The molecule has 198 valence electrons. The number of hydrogen-bond acceptors (Lipinski definition) is 6. The highest BCUT2D eigenvalue weighted by molar-refractivity contribution is 5.93. The Bertz CT molecular complexity index is 1150. The summed E-state index contributed by atoms with van der Waals surface area (Å²) in [6, 6.07) is 11.9. The van der Waals surface area contributed by atoms with Crippen molar-refractivity contribution in [2.75, 3.05) is 38.8 Å². The maximum Gasteiger partial charge on any atom is 0.324 e. The number of anilines is 1. The van der Waals surface area contributed by atoms with Gasteiger partial charge >= 0.3 is 6.03 Å². The highest BCUT2D eigenvalue weighted by Gasteiger charge is 2.28. The van der Waals surface area contributed by atoms with Crippen molar-refractivity contribution in [3.05, 3.63) is 59.9 Å². The third kappa shape index (κ3) is 6.72. The van der Waals surface area contributed by atoms with E-state index in [4.69, 9.17) is 14.2 Å². The Kier molecular flexibility index (Phi) is 9.24. The van der Waals surface area contributed by atoms with Gasteiger partial charge < -0.3 is 19.1 Å². The number of methoxy groups -OCH3 is 2. The van der Waals surface area contributed by atoms with Crippen LogP contribution in [-0.4, -0.2) is 59.8 Å². The van der Waals surface area contributed by atoms with Crippen LogP contribution in [0.3, 0.4) is 0 Å². The molecule has 1 saturated heterocycles. The minimum Gasteiger partial charge on any atom is -0.496 e. The highest BCUT2D eigenvalue weighted by Crippen LogP contribution is 2.34. The summed E-state index contributed by atoms with van der Waals surface area (Å²) in [4.78, 5) is 17.2. The van der Waals surface area contributed by atoms with E-state index >= 15 is 0 Å². The number of benzene rings is 2. The minimum atomic E-state index is -0.0225. The van der Waals surface area contributed by atoms with E-state index < -0.39 is 0 Å². The summed E-state index contributed by atoms with van der Waals surface area (Å²) in [7, 11) is 3.30. The predicted molar refractivity (Wildman–Crippen MR) is 143 cm³/mol. The standard InChI is InChI=1S/C28H37N5O4/c1-4-5-6-18-37-27-20-24(10-11-25(27)35-2)33-15-7-14-31(28(33)34)21-23-9-8-22(19-26(23)36-3)12-16-32-17-13-29-30-32/h8-11,13,17,19-20H,4-7,12,14-16,18,21H2,1-3H3. The van der Waals surface area contributed by atoms with E-state index in [1.54, 1.807) is 20.4 Å². The molecule has 37 heavy (non-hydrogen) atoms. The zero-order valence-corrected chi connectivity index (χ0v) is 22.1. The molecular formula is C28H37N5O4. The third-order valence-electron chi connectivity index (χ3n) is 6.59. The van der Waals surface area contributed by atoms with Gasteiger partial charge in [-0.1, -0.05) is 37.1 Å². The Balaban J connectivity index is 1.44. The number of hydrogen-bond donors (Lipinski definition) is 0. The number of urea groups is 1. The Hall–Kier alpha value is -3.75. The summed E-state index contributed by atoms with van der Waals surface area (Å²) in [5.74, 6) is 2.13. The molecule has 1 fully saturated rings. The molecule has 1 aliphatic heterocycles. The van der Waals surface area contributed by atoms with Crippen molar-refractivity contribution < 1.29 is 19.0 Å². The Morgan fingerprint density at radius 2 is 1.84 bits per heavy atom. The number of aromatic nitrogens is 3. The maximum atomic E-state index is 13.5. The average Bonchev–Trinajstić information content (AvgIpc) is 3.45.